The van der Waals surface area contributed by atoms with Crippen molar-refractivity contribution < 1.29 is 13.9 Å². The van der Waals surface area contributed by atoms with Gasteiger partial charge in [0.25, 0.3) is 5.91 Å². The van der Waals surface area contributed by atoms with E-state index in [1.54, 1.807) is 25.4 Å². The summed E-state index contributed by atoms with van der Waals surface area (Å²) in [5.74, 6) is 0.905. The molecule has 2 aromatic carbocycles. The number of hydrogen-bond donors (Lipinski definition) is 0. The van der Waals surface area contributed by atoms with Gasteiger partial charge in [-0.15, -0.1) is 0 Å². The van der Waals surface area contributed by atoms with Crippen LogP contribution >= 0.6 is 0 Å². The Labute approximate surface area is 212 Å². The first-order chi connectivity index (χ1) is 17.6. The van der Waals surface area contributed by atoms with Crippen molar-refractivity contribution in [3.8, 4) is 5.75 Å². The number of likely N-dealkylation sites (tertiary alicyclic amines) is 1. The number of methoxy groups -OCH3 is 1. The molecular weight excluding hydrogens is 453 g/mol. The Balaban J connectivity index is 1.34. The standard InChI is InChI=1S/C30H34FN3O2/c1-36-26-12-13-27(31)24(20-26)21-33-17-14-23(15-18-33)29(19-22-7-3-2-4-8-22)34(25-10-11-25)30(35)28-9-5-6-16-32-28/h2-9,12-13,16,20,23,25,29H,10-11,14-15,17-19,21H2,1H3/t29-/m0/s1. The zero-order valence-corrected chi connectivity index (χ0v) is 20.9. The molecule has 1 atom stereocenters. The van der Waals surface area contributed by atoms with Crippen LogP contribution in [0, 0.1) is 11.7 Å². The molecule has 1 saturated heterocycles. The average molecular weight is 488 g/mol. The van der Waals surface area contributed by atoms with E-state index < -0.39 is 0 Å². The smallest absolute Gasteiger partial charge is 0.272 e. The van der Waals surface area contributed by atoms with E-state index in [1.807, 2.05) is 24.3 Å². The van der Waals surface area contributed by atoms with Crippen molar-refractivity contribution in [3.05, 3.63) is 95.6 Å². The van der Waals surface area contributed by atoms with Crippen molar-refractivity contribution in [2.45, 2.75) is 50.7 Å². The summed E-state index contributed by atoms with van der Waals surface area (Å²) in [6.45, 7) is 2.32. The lowest BCUT2D eigenvalue weighted by Gasteiger charge is -2.42. The second kappa shape index (κ2) is 11.2. The summed E-state index contributed by atoms with van der Waals surface area (Å²) in [5, 5.41) is 0. The van der Waals surface area contributed by atoms with Crippen LogP contribution in [0.2, 0.25) is 0 Å². The number of carbonyl (C=O) groups excluding carboxylic acids is 1. The lowest BCUT2D eigenvalue weighted by molar-refractivity contribution is 0.0476. The number of nitrogens with zero attached hydrogens (tertiary/aromatic N) is 3. The largest absolute Gasteiger partial charge is 0.497 e. The molecule has 0 radical (unpaired) electrons. The summed E-state index contributed by atoms with van der Waals surface area (Å²) in [4.78, 5) is 22.5. The van der Waals surface area contributed by atoms with Gasteiger partial charge in [-0.3, -0.25) is 14.7 Å². The van der Waals surface area contributed by atoms with Crippen LogP contribution in [-0.4, -0.2) is 53.0 Å². The number of benzene rings is 2. The van der Waals surface area contributed by atoms with Gasteiger partial charge in [-0.1, -0.05) is 36.4 Å². The number of ether oxygens (including phenoxy) is 1. The fourth-order valence-corrected chi connectivity index (χ4v) is 5.45. The molecule has 6 heteroatoms. The fraction of sp³-hybridized carbons (Fsp3) is 0.400. The van der Waals surface area contributed by atoms with E-state index in [-0.39, 0.29) is 23.8 Å². The van der Waals surface area contributed by atoms with Crippen molar-refractivity contribution in [3.63, 3.8) is 0 Å². The summed E-state index contributed by atoms with van der Waals surface area (Å²) >= 11 is 0. The van der Waals surface area contributed by atoms with Crippen LogP contribution < -0.4 is 4.74 Å². The van der Waals surface area contributed by atoms with E-state index in [9.17, 15) is 9.18 Å². The molecule has 1 aliphatic carbocycles. The van der Waals surface area contributed by atoms with Crippen LogP contribution in [0.25, 0.3) is 0 Å². The van der Waals surface area contributed by atoms with E-state index in [1.165, 1.54) is 11.6 Å². The first-order valence-electron chi connectivity index (χ1n) is 12.9. The Morgan fingerprint density at radius 2 is 1.81 bits per heavy atom. The van der Waals surface area contributed by atoms with Gasteiger partial charge in [-0.05, 0) is 87.0 Å². The van der Waals surface area contributed by atoms with Crippen LogP contribution in [0.15, 0.2) is 72.9 Å². The van der Waals surface area contributed by atoms with E-state index in [0.717, 1.165) is 45.2 Å². The van der Waals surface area contributed by atoms with Gasteiger partial charge in [0.2, 0.25) is 0 Å². The predicted molar refractivity (Wildman–Crippen MR) is 138 cm³/mol. The molecule has 5 nitrogen and oxygen atoms in total. The Bertz CT molecular complexity index is 1150. The molecule has 0 spiro atoms. The minimum atomic E-state index is -0.194. The SMILES string of the molecule is COc1ccc(F)c(CN2CCC([C@H](Cc3ccccc3)N(C(=O)c3ccccn3)C3CC3)CC2)c1. The van der Waals surface area contributed by atoms with Gasteiger partial charge in [0, 0.05) is 30.4 Å². The summed E-state index contributed by atoms with van der Waals surface area (Å²) in [7, 11) is 1.60. The Morgan fingerprint density at radius 3 is 2.47 bits per heavy atom. The van der Waals surface area contributed by atoms with Crippen LogP contribution in [0.1, 0.15) is 47.3 Å². The molecular formula is C30H34FN3O2. The Morgan fingerprint density at radius 1 is 1.06 bits per heavy atom. The van der Waals surface area contributed by atoms with Crippen molar-refractivity contribution in [2.75, 3.05) is 20.2 Å². The number of carbonyl (C=O) groups is 1. The number of piperidine rings is 1. The number of rotatable bonds is 9. The molecule has 0 unspecified atom stereocenters. The lowest BCUT2D eigenvalue weighted by Crippen LogP contribution is -2.50. The summed E-state index contributed by atoms with van der Waals surface area (Å²) < 4.78 is 19.7. The monoisotopic (exact) mass is 487 g/mol. The molecule has 1 amide bonds. The predicted octanol–water partition coefficient (Wildman–Crippen LogP) is 5.36. The van der Waals surface area contributed by atoms with E-state index in [0.29, 0.717) is 29.5 Å². The molecule has 1 aromatic heterocycles. The molecule has 2 heterocycles. The highest BCUT2D eigenvalue weighted by atomic mass is 19.1. The first-order valence-corrected chi connectivity index (χ1v) is 12.9. The molecule has 5 rings (SSSR count). The number of aromatic nitrogens is 1. The summed E-state index contributed by atoms with van der Waals surface area (Å²) in [6.07, 6.45) is 6.59. The van der Waals surface area contributed by atoms with Crippen LogP contribution in [0.3, 0.4) is 0 Å². The third-order valence-electron chi connectivity index (χ3n) is 7.53. The van der Waals surface area contributed by atoms with Gasteiger partial charge in [0.15, 0.2) is 0 Å². The van der Waals surface area contributed by atoms with E-state index >= 15 is 0 Å². The lowest BCUT2D eigenvalue weighted by atomic mass is 9.84. The highest BCUT2D eigenvalue weighted by molar-refractivity contribution is 5.93. The number of hydrogen-bond acceptors (Lipinski definition) is 4. The molecule has 188 valence electrons. The van der Waals surface area contributed by atoms with Crippen LogP contribution in [0.4, 0.5) is 4.39 Å². The maximum Gasteiger partial charge on any atom is 0.272 e. The van der Waals surface area contributed by atoms with Gasteiger partial charge in [0.1, 0.15) is 17.3 Å². The first kappa shape index (κ1) is 24.4. The minimum absolute atomic E-state index is 0.0416. The van der Waals surface area contributed by atoms with Gasteiger partial charge in [-0.25, -0.2) is 4.39 Å². The molecule has 36 heavy (non-hydrogen) atoms. The highest BCUT2D eigenvalue weighted by Crippen LogP contribution is 2.36. The van der Waals surface area contributed by atoms with Gasteiger partial charge in [-0.2, -0.15) is 0 Å². The molecule has 2 aliphatic rings. The van der Waals surface area contributed by atoms with Crippen molar-refractivity contribution in [1.29, 1.82) is 0 Å². The number of pyridine rings is 1. The second-order valence-corrected chi connectivity index (χ2v) is 9.99. The summed E-state index contributed by atoms with van der Waals surface area (Å²) in [6, 6.07) is 21.4. The number of amides is 1. The zero-order valence-electron chi connectivity index (χ0n) is 20.9. The zero-order chi connectivity index (χ0) is 24.9. The van der Waals surface area contributed by atoms with Gasteiger partial charge in [0.05, 0.1) is 7.11 Å². The third kappa shape index (κ3) is 5.76. The Kier molecular flexibility index (Phi) is 7.61. The van der Waals surface area contributed by atoms with Crippen molar-refractivity contribution >= 4 is 5.91 Å². The fourth-order valence-electron chi connectivity index (χ4n) is 5.45. The van der Waals surface area contributed by atoms with Gasteiger partial charge >= 0.3 is 0 Å². The topological polar surface area (TPSA) is 45.7 Å². The Hall–Kier alpha value is -3.25. The average Bonchev–Trinajstić information content (AvgIpc) is 3.76. The van der Waals surface area contributed by atoms with E-state index in [4.69, 9.17) is 4.74 Å². The van der Waals surface area contributed by atoms with Crippen molar-refractivity contribution in [1.82, 2.24) is 14.8 Å². The van der Waals surface area contributed by atoms with Crippen LogP contribution in [0.5, 0.6) is 5.75 Å². The second-order valence-electron chi connectivity index (χ2n) is 9.99. The normalized spacial score (nSPS) is 17.5. The van der Waals surface area contributed by atoms with Crippen LogP contribution in [-0.2, 0) is 13.0 Å². The summed E-state index contributed by atoms with van der Waals surface area (Å²) in [5.41, 5.74) is 2.44. The molecule has 1 aliphatic heterocycles. The van der Waals surface area contributed by atoms with Gasteiger partial charge < -0.3 is 9.64 Å². The van der Waals surface area contributed by atoms with E-state index in [2.05, 4.69) is 39.0 Å². The minimum Gasteiger partial charge on any atom is -0.497 e. The molecule has 2 fully saturated rings. The molecule has 1 saturated carbocycles. The highest BCUT2D eigenvalue weighted by Gasteiger charge is 2.42. The maximum atomic E-state index is 14.4. The molecule has 0 bridgehead atoms. The molecule has 3 aromatic rings. The quantitative estimate of drug-likeness (QED) is 0.408. The van der Waals surface area contributed by atoms with Crippen molar-refractivity contribution in [2.24, 2.45) is 5.92 Å². The molecule has 0 N–H and O–H groups in total. The maximum absolute atomic E-state index is 14.4. The number of halogens is 1. The third-order valence-corrected chi connectivity index (χ3v) is 7.53.